The second-order valence-electron chi connectivity index (χ2n) is 9.66. The van der Waals surface area contributed by atoms with E-state index in [1.807, 2.05) is 0 Å². The third-order valence-corrected chi connectivity index (χ3v) is 7.40. The van der Waals surface area contributed by atoms with Gasteiger partial charge < -0.3 is 36.8 Å². The van der Waals surface area contributed by atoms with Gasteiger partial charge in [0.15, 0.2) is 17.1 Å². The monoisotopic (exact) mass is 538 g/mol. The van der Waals surface area contributed by atoms with E-state index in [2.05, 4.69) is 15.6 Å². The number of nitrogens with zero attached hydrogens (tertiary/aromatic N) is 1. The molecule has 0 spiro atoms. The zero-order valence-corrected chi connectivity index (χ0v) is 20.2. The average Bonchev–Trinajstić information content (AvgIpc) is 2.88. The molecule has 1 heterocycles. The van der Waals surface area contributed by atoms with Crippen LogP contribution in [0.5, 0.6) is 5.75 Å². The summed E-state index contributed by atoms with van der Waals surface area (Å²) in [5.41, 5.74) is 0.678. The molecule has 0 radical (unpaired) electrons. The van der Waals surface area contributed by atoms with E-state index in [9.17, 15) is 39.6 Å². The van der Waals surface area contributed by atoms with Gasteiger partial charge in [-0.1, -0.05) is 0 Å². The summed E-state index contributed by atoms with van der Waals surface area (Å²) in [6.45, 7) is -0.265. The molecule has 13 heteroatoms. The minimum absolute atomic E-state index is 0.123. The molecule has 0 saturated heterocycles. The van der Waals surface area contributed by atoms with Gasteiger partial charge >= 0.3 is 0 Å². The third-order valence-electron chi connectivity index (χ3n) is 7.40. The second-order valence-corrected chi connectivity index (χ2v) is 9.66. The smallest absolute Gasteiger partial charge is 0.255 e. The van der Waals surface area contributed by atoms with E-state index in [1.54, 1.807) is 18.3 Å². The first-order valence-corrected chi connectivity index (χ1v) is 11.9. The van der Waals surface area contributed by atoms with Crippen LogP contribution in [0, 0.1) is 17.7 Å². The molecule has 3 atom stereocenters. The molecule has 39 heavy (non-hydrogen) atoms. The van der Waals surface area contributed by atoms with Crippen molar-refractivity contribution in [1.82, 2.24) is 4.98 Å². The molecule has 1 saturated carbocycles. The van der Waals surface area contributed by atoms with Crippen LogP contribution in [0.4, 0.5) is 15.8 Å². The molecule has 2 amide bonds. The van der Waals surface area contributed by atoms with Crippen molar-refractivity contribution >= 4 is 40.5 Å². The van der Waals surface area contributed by atoms with Gasteiger partial charge in [0.25, 0.3) is 5.91 Å². The summed E-state index contributed by atoms with van der Waals surface area (Å²) < 4.78 is 15.2. The van der Waals surface area contributed by atoms with Gasteiger partial charge in [-0.2, -0.15) is 0 Å². The number of halogens is 1. The van der Waals surface area contributed by atoms with E-state index in [-0.39, 0.29) is 30.6 Å². The van der Waals surface area contributed by atoms with Gasteiger partial charge in [0.2, 0.25) is 11.7 Å². The number of carbonyl (C=O) groups excluding carboxylic acids is 4. The number of nitrogens with two attached hydrogens (primary N) is 1. The number of rotatable bonds is 5. The van der Waals surface area contributed by atoms with Gasteiger partial charge in [-0.25, -0.2) is 4.39 Å². The number of hydrogen-bond acceptors (Lipinski definition) is 10. The number of amides is 2. The summed E-state index contributed by atoms with van der Waals surface area (Å²) in [6, 6.07) is 4.20. The topological polar surface area (TPSA) is 212 Å². The van der Waals surface area contributed by atoms with Crippen LogP contribution in [0.25, 0.3) is 5.76 Å². The lowest BCUT2D eigenvalue weighted by molar-refractivity contribution is -0.147. The molecule has 8 N–H and O–H groups in total. The Bertz CT molecular complexity index is 1520. The van der Waals surface area contributed by atoms with E-state index in [0.29, 0.717) is 5.69 Å². The molecule has 3 aliphatic rings. The Labute approximate surface area is 219 Å². The van der Waals surface area contributed by atoms with Gasteiger partial charge in [-0.05, 0) is 30.9 Å². The van der Waals surface area contributed by atoms with Crippen molar-refractivity contribution < 1.29 is 44.0 Å². The molecule has 1 aromatic carbocycles. The van der Waals surface area contributed by atoms with Crippen LogP contribution in [0.15, 0.2) is 47.5 Å². The van der Waals surface area contributed by atoms with Crippen molar-refractivity contribution in [3.05, 3.63) is 64.4 Å². The van der Waals surface area contributed by atoms with Crippen LogP contribution in [0.1, 0.15) is 24.0 Å². The number of fused-ring (bicyclic) bond motifs is 3. The van der Waals surface area contributed by atoms with Crippen LogP contribution < -0.4 is 16.4 Å². The molecular weight excluding hydrogens is 515 g/mol. The van der Waals surface area contributed by atoms with E-state index in [4.69, 9.17) is 5.73 Å². The summed E-state index contributed by atoms with van der Waals surface area (Å²) in [5, 5.41) is 49.0. The number of Topliss-reactive ketones (excluding diaryl/α,β-unsaturated/α-hetero) is 2. The lowest BCUT2D eigenvalue weighted by atomic mass is 9.59. The largest absolute Gasteiger partial charge is 0.508 e. The predicted molar refractivity (Wildman–Crippen MR) is 133 cm³/mol. The maximum Gasteiger partial charge on any atom is 0.255 e. The number of aromatic nitrogens is 1. The van der Waals surface area contributed by atoms with E-state index >= 15 is 4.39 Å². The molecule has 12 nitrogen and oxygen atoms in total. The lowest BCUT2D eigenvalue weighted by Crippen LogP contribution is -2.58. The number of primary amides is 1. The van der Waals surface area contributed by atoms with Crippen molar-refractivity contribution in [2.24, 2.45) is 17.6 Å². The Kier molecular flexibility index (Phi) is 6.10. The minimum Gasteiger partial charge on any atom is -0.508 e. The molecule has 1 unspecified atom stereocenters. The van der Waals surface area contributed by atoms with Crippen LogP contribution in [-0.4, -0.2) is 60.9 Å². The van der Waals surface area contributed by atoms with E-state index in [0.717, 1.165) is 6.07 Å². The fraction of sp³-hybridized carbons (Fsp3) is 0.269. The third kappa shape index (κ3) is 3.98. The normalized spacial score (nSPS) is 24.1. The zero-order valence-electron chi connectivity index (χ0n) is 20.2. The molecule has 2 aromatic rings. The minimum atomic E-state index is -2.73. The van der Waals surface area contributed by atoms with Crippen molar-refractivity contribution in [2.75, 3.05) is 17.2 Å². The number of phenols is 1. The summed E-state index contributed by atoms with van der Waals surface area (Å²) in [6.07, 6.45) is 2.23. The number of aliphatic hydroxyl groups is 3. The standard InChI is InChI=1S/C26H23FN4O8/c27-14-7-15(31-17(33)9-30-12-2-1-3-29-8-12)21(34)19-13(14)5-10-4-11-6-16(32)20(25(28)38)24(37)26(11,39)23(36)18(10)22(19)35/h1-3,7-8,10-11,30,34-35,37,39H,4-6,9H2,(H2,28,38)(H,31,33)/t10?,11-,26-/m0/s1. The molecule has 3 aliphatic carbocycles. The van der Waals surface area contributed by atoms with Crippen LogP contribution in [0.3, 0.4) is 0 Å². The van der Waals surface area contributed by atoms with Crippen molar-refractivity contribution in [3.63, 3.8) is 0 Å². The Morgan fingerprint density at radius 1 is 1.21 bits per heavy atom. The first-order valence-electron chi connectivity index (χ1n) is 11.9. The fourth-order valence-corrected chi connectivity index (χ4v) is 5.58. The Hall–Kier alpha value is -4.78. The Balaban J connectivity index is 1.51. The summed E-state index contributed by atoms with van der Waals surface area (Å²) >= 11 is 0. The quantitative estimate of drug-likeness (QED) is 0.212. The SMILES string of the molecule is NC(=O)C1=C(O)[C@@]2(O)C(=O)C3=C(O)c4c(O)c(NC(=O)CNc5cccnc5)cc(F)c4CC3C[C@H]2CC1=O. The molecule has 5 rings (SSSR count). The fourth-order valence-electron chi connectivity index (χ4n) is 5.58. The molecular formula is C26H23FN4O8. The van der Waals surface area contributed by atoms with Gasteiger partial charge in [0.05, 0.1) is 23.5 Å². The average molecular weight is 538 g/mol. The Morgan fingerprint density at radius 2 is 1.95 bits per heavy atom. The number of aliphatic hydroxyl groups excluding tert-OH is 2. The van der Waals surface area contributed by atoms with Crippen molar-refractivity contribution in [3.8, 4) is 5.75 Å². The first-order chi connectivity index (χ1) is 18.4. The number of benzene rings is 1. The molecule has 0 bridgehead atoms. The molecule has 1 aromatic heterocycles. The number of ketones is 2. The van der Waals surface area contributed by atoms with Gasteiger partial charge in [-0.3, -0.25) is 24.2 Å². The number of pyridine rings is 1. The summed E-state index contributed by atoms with van der Waals surface area (Å²) in [5.74, 6) is -9.74. The van der Waals surface area contributed by atoms with Gasteiger partial charge in [0, 0.05) is 41.9 Å². The van der Waals surface area contributed by atoms with Crippen LogP contribution in [-0.2, 0) is 25.6 Å². The van der Waals surface area contributed by atoms with Crippen LogP contribution >= 0.6 is 0 Å². The Morgan fingerprint density at radius 3 is 2.62 bits per heavy atom. The molecule has 202 valence electrons. The number of nitrogens with one attached hydrogen (secondary N) is 2. The molecule has 1 fully saturated rings. The zero-order chi connectivity index (χ0) is 28.2. The number of anilines is 2. The number of aromatic hydroxyl groups is 1. The maximum absolute atomic E-state index is 15.2. The van der Waals surface area contributed by atoms with Crippen molar-refractivity contribution in [2.45, 2.75) is 24.9 Å². The second kappa shape index (κ2) is 9.20. The highest BCUT2D eigenvalue weighted by Crippen LogP contribution is 2.53. The first kappa shape index (κ1) is 25.9. The summed E-state index contributed by atoms with van der Waals surface area (Å²) in [7, 11) is 0. The number of hydrogen-bond donors (Lipinski definition) is 7. The lowest BCUT2D eigenvalue weighted by Gasteiger charge is -2.46. The maximum atomic E-state index is 15.2. The summed E-state index contributed by atoms with van der Waals surface area (Å²) in [4.78, 5) is 54.0. The van der Waals surface area contributed by atoms with Gasteiger partial charge in [-0.15, -0.1) is 0 Å². The predicted octanol–water partition coefficient (Wildman–Crippen LogP) is 1.01. The van der Waals surface area contributed by atoms with E-state index in [1.165, 1.54) is 6.20 Å². The number of phenolic OH excluding ortho intramolecular Hbond substituents is 1. The number of carbonyl (C=O) groups is 4. The van der Waals surface area contributed by atoms with Crippen molar-refractivity contribution in [1.29, 1.82) is 0 Å². The molecule has 0 aliphatic heterocycles. The highest BCUT2D eigenvalue weighted by atomic mass is 19.1. The van der Waals surface area contributed by atoms with E-state index < -0.39 is 87.0 Å². The van der Waals surface area contributed by atoms with Gasteiger partial charge in [0.1, 0.15) is 22.9 Å². The van der Waals surface area contributed by atoms with Crippen LogP contribution in [0.2, 0.25) is 0 Å². The highest BCUT2D eigenvalue weighted by Gasteiger charge is 2.60. The highest BCUT2D eigenvalue weighted by molar-refractivity contribution is 6.22.